The average Bonchev–Trinajstić information content (AvgIpc) is 3.34. The summed E-state index contributed by atoms with van der Waals surface area (Å²) >= 11 is 3.39. The molecule has 3 rings (SSSR count). The van der Waals surface area contributed by atoms with Crippen LogP contribution < -0.4 is 10.1 Å². The van der Waals surface area contributed by atoms with E-state index in [1.807, 2.05) is 30.3 Å². The zero-order chi connectivity index (χ0) is 19.1. The van der Waals surface area contributed by atoms with E-state index in [9.17, 15) is 10.1 Å². The number of hydrogen-bond donors (Lipinski definition) is 1. The van der Waals surface area contributed by atoms with E-state index in [0.717, 1.165) is 23.9 Å². The third-order valence-corrected chi connectivity index (χ3v) is 4.52. The summed E-state index contributed by atoms with van der Waals surface area (Å²) in [5.41, 5.74) is -0.0122. The second-order valence-corrected chi connectivity index (χ2v) is 6.98. The van der Waals surface area contributed by atoms with E-state index < -0.39 is 5.91 Å². The maximum atomic E-state index is 12.2. The minimum Gasteiger partial charge on any atom is -0.486 e. The van der Waals surface area contributed by atoms with Crippen molar-refractivity contribution >= 4 is 27.9 Å². The van der Waals surface area contributed by atoms with Crippen LogP contribution in [0.1, 0.15) is 24.4 Å². The van der Waals surface area contributed by atoms with Gasteiger partial charge in [-0.1, -0.05) is 22.0 Å². The van der Waals surface area contributed by atoms with Gasteiger partial charge in [0.05, 0.1) is 6.10 Å². The van der Waals surface area contributed by atoms with E-state index in [1.165, 1.54) is 6.08 Å². The predicted octanol–water partition coefficient (Wildman–Crippen LogP) is 3.82. The van der Waals surface area contributed by atoms with Crippen LogP contribution in [0.5, 0.6) is 5.75 Å². The number of furan rings is 1. The smallest absolute Gasteiger partial charge is 0.262 e. The molecule has 27 heavy (non-hydrogen) atoms. The number of hydrogen-bond acceptors (Lipinski definition) is 5. The summed E-state index contributed by atoms with van der Waals surface area (Å²) in [6, 6.07) is 12.9. The molecule has 0 spiro atoms. The summed E-state index contributed by atoms with van der Waals surface area (Å²) < 4.78 is 17.7. The number of ether oxygens (including phenoxy) is 2. The van der Waals surface area contributed by atoms with Crippen molar-refractivity contribution in [3.8, 4) is 11.8 Å². The minimum absolute atomic E-state index is 0.0122. The first-order valence-corrected chi connectivity index (χ1v) is 9.42. The van der Waals surface area contributed by atoms with Gasteiger partial charge in [0.15, 0.2) is 0 Å². The van der Waals surface area contributed by atoms with Gasteiger partial charge in [0, 0.05) is 23.7 Å². The Kier molecular flexibility index (Phi) is 6.69. The monoisotopic (exact) mass is 430 g/mol. The van der Waals surface area contributed by atoms with E-state index in [2.05, 4.69) is 21.2 Å². The van der Waals surface area contributed by atoms with Gasteiger partial charge in [-0.25, -0.2) is 0 Å². The lowest BCUT2D eigenvalue weighted by Crippen LogP contribution is -2.32. The SMILES string of the molecule is N#C/C(=C/c1ccc(COc2cccc(Br)c2)o1)C(=O)NC[C@@H]1CCCO1. The quantitative estimate of drug-likeness (QED) is 0.532. The fraction of sp³-hybridized carbons (Fsp3) is 0.300. The normalized spacial score (nSPS) is 16.7. The van der Waals surface area contributed by atoms with Crippen LogP contribution in [-0.4, -0.2) is 25.2 Å². The molecule has 0 unspecified atom stereocenters. The third kappa shape index (κ3) is 5.71. The maximum absolute atomic E-state index is 12.2. The van der Waals surface area contributed by atoms with Gasteiger partial charge in [-0.15, -0.1) is 0 Å². The van der Waals surface area contributed by atoms with Crippen molar-refractivity contribution in [2.75, 3.05) is 13.2 Å². The summed E-state index contributed by atoms with van der Waals surface area (Å²) in [6.07, 6.45) is 3.37. The molecule has 2 heterocycles. The Morgan fingerprint density at radius 1 is 1.41 bits per heavy atom. The van der Waals surface area contributed by atoms with E-state index in [4.69, 9.17) is 13.9 Å². The van der Waals surface area contributed by atoms with Crippen LogP contribution in [0.15, 0.2) is 50.9 Å². The minimum atomic E-state index is -0.434. The molecule has 0 aliphatic carbocycles. The molecule has 1 aromatic carbocycles. The highest BCUT2D eigenvalue weighted by atomic mass is 79.9. The van der Waals surface area contributed by atoms with Gasteiger partial charge in [0.1, 0.15) is 35.5 Å². The summed E-state index contributed by atoms with van der Waals surface area (Å²) in [5.74, 6) is 1.30. The fourth-order valence-electron chi connectivity index (χ4n) is 2.66. The number of nitrogens with one attached hydrogen (secondary N) is 1. The number of amides is 1. The second-order valence-electron chi connectivity index (χ2n) is 6.06. The van der Waals surface area contributed by atoms with E-state index in [1.54, 1.807) is 12.1 Å². The average molecular weight is 431 g/mol. The first kappa shape index (κ1) is 19.2. The molecular weight excluding hydrogens is 412 g/mol. The van der Waals surface area contributed by atoms with E-state index >= 15 is 0 Å². The predicted molar refractivity (Wildman–Crippen MR) is 103 cm³/mol. The molecule has 0 saturated carbocycles. The summed E-state index contributed by atoms with van der Waals surface area (Å²) in [6.45, 7) is 1.37. The number of carbonyl (C=O) groups excluding carboxylic acids is 1. The summed E-state index contributed by atoms with van der Waals surface area (Å²) in [5, 5.41) is 12.0. The highest BCUT2D eigenvalue weighted by Crippen LogP contribution is 2.20. The zero-order valence-corrected chi connectivity index (χ0v) is 16.2. The van der Waals surface area contributed by atoms with Crippen LogP contribution in [0.25, 0.3) is 6.08 Å². The molecule has 1 aromatic heterocycles. The van der Waals surface area contributed by atoms with Gasteiger partial charge in [0.25, 0.3) is 5.91 Å². The van der Waals surface area contributed by atoms with Crippen molar-refractivity contribution in [2.24, 2.45) is 0 Å². The van der Waals surface area contributed by atoms with Crippen molar-refractivity contribution in [3.05, 3.63) is 58.0 Å². The summed E-state index contributed by atoms with van der Waals surface area (Å²) in [7, 11) is 0. The van der Waals surface area contributed by atoms with Crippen LogP contribution in [0.4, 0.5) is 0 Å². The summed E-state index contributed by atoms with van der Waals surface area (Å²) in [4.78, 5) is 12.2. The first-order chi connectivity index (χ1) is 13.1. The number of rotatable bonds is 7. The Morgan fingerprint density at radius 3 is 3.04 bits per heavy atom. The highest BCUT2D eigenvalue weighted by Gasteiger charge is 2.18. The van der Waals surface area contributed by atoms with E-state index in [0.29, 0.717) is 23.8 Å². The third-order valence-electron chi connectivity index (χ3n) is 4.03. The fourth-order valence-corrected chi connectivity index (χ4v) is 3.04. The van der Waals surface area contributed by atoms with Gasteiger partial charge in [-0.2, -0.15) is 5.26 Å². The first-order valence-electron chi connectivity index (χ1n) is 8.63. The van der Waals surface area contributed by atoms with Crippen molar-refractivity contribution in [3.63, 3.8) is 0 Å². The Hall–Kier alpha value is -2.56. The topological polar surface area (TPSA) is 84.5 Å². The number of nitriles is 1. The molecule has 1 saturated heterocycles. The second kappa shape index (κ2) is 9.40. The zero-order valence-electron chi connectivity index (χ0n) is 14.6. The van der Waals surface area contributed by atoms with Gasteiger partial charge in [0.2, 0.25) is 0 Å². The highest BCUT2D eigenvalue weighted by molar-refractivity contribution is 9.10. The Bertz CT molecular complexity index is 863. The lowest BCUT2D eigenvalue weighted by molar-refractivity contribution is -0.117. The molecular formula is C20H19BrN2O4. The number of carbonyl (C=O) groups is 1. The Labute approximate surface area is 165 Å². The Balaban J connectivity index is 1.56. The molecule has 7 heteroatoms. The molecule has 0 radical (unpaired) electrons. The molecule has 1 atom stereocenters. The van der Waals surface area contributed by atoms with Gasteiger partial charge >= 0.3 is 0 Å². The lowest BCUT2D eigenvalue weighted by Gasteiger charge is -2.09. The van der Waals surface area contributed by atoms with Crippen LogP contribution in [0.3, 0.4) is 0 Å². The van der Waals surface area contributed by atoms with Gasteiger partial charge < -0.3 is 19.2 Å². The molecule has 6 nitrogen and oxygen atoms in total. The van der Waals surface area contributed by atoms with Crippen molar-refractivity contribution in [1.82, 2.24) is 5.32 Å². The molecule has 1 N–H and O–H groups in total. The number of nitrogens with zero attached hydrogens (tertiary/aromatic N) is 1. The van der Waals surface area contributed by atoms with Gasteiger partial charge in [-0.05, 0) is 43.2 Å². The molecule has 0 bridgehead atoms. The largest absolute Gasteiger partial charge is 0.486 e. The van der Waals surface area contributed by atoms with Crippen LogP contribution in [0.2, 0.25) is 0 Å². The standard InChI is InChI=1S/C20H19BrN2O4/c21-15-3-1-4-16(10-15)26-13-19-7-6-17(27-19)9-14(11-22)20(24)23-12-18-5-2-8-25-18/h1,3-4,6-7,9-10,18H,2,5,8,12-13H2,(H,23,24)/b14-9-/t18-/m0/s1. The Morgan fingerprint density at radius 2 is 2.30 bits per heavy atom. The molecule has 1 amide bonds. The lowest BCUT2D eigenvalue weighted by atomic mass is 10.2. The van der Waals surface area contributed by atoms with Crippen molar-refractivity contribution < 1.29 is 18.7 Å². The molecule has 1 aliphatic heterocycles. The molecule has 2 aromatic rings. The van der Waals surface area contributed by atoms with Crippen LogP contribution in [0, 0.1) is 11.3 Å². The number of benzene rings is 1. The van der Waals surface area contributed by atoms with Crippen molar-refractivity contribution in [2.45, 2.75) is 25.6 Å². The molecule has 1 fully saturated rings. The molecule has 140 valence electrons. The van der Waals surface area contributed by atoms with Crippen LogP contribution >= 0.6 is 15.9 Å². The van der Waals surface area contributed by atoms with Gasteiger partial charge in [-0.3, -0.25) is 4.79 Å². The molecule has 1 aliphatic rings. The number of halogens is 1. The maximum Gasteiger partial charge on any atom is 0.262 e. The van der Waals surface area contributed by atoms with Crippen molar-refractivity contribution in [1.29, 1.82) is 5.26 Å². The van der Waals surface area contributed by atoms with Crippen LogP contribution in [-0.2, 0) is 16.1 Å². The van der Waals surface area contributed by atoms with E-state index in [-0.39, 0.29) is 18.3 Å².